The normalized spacial score (nSPS) is 16.3. The third-order valence-corrected chi connectivity index (χ3v) is 6.22. The maximum atomic E-state index is 4.90. The molecule has 1 N–H and O–H groups in total. The fraction of sp³-hybridized carbons (Fsp3) is 0.458. The Morgan fingerprint density at radius 3 is 2.41 bits per heavy atom. The van der Waals surface area contributed by atoms with Gasteiger partial charge in [-0.1, -0.05) is 6.92 Å². The van der Waals surface area contributed by atoms with Crippen LogP contribution in [0.15, 0.2) is 36.7 Å². The van der Waals surface area contributed by atoms with Crippen LogP contribution in [0.5, 0.6) is 0 Å². The summed E-state index contributed by atoms with van der Waals surface area (Å²) in [6.45, 7) is 10.6. The van der Waals surface area contributed by atoms with Gasteiger partial charge >= 0.3 is 0 Å². The van der Waals surface area contributed by atoms with E-state index in [1.807, 2.05) is 12.4 Å². The molecule has 0 saturated carbocycles. The number of anilines is 1. The average molecular weight is 390 g/mol. The van der Waals surface area contributed by atoms with Gasteiger partial charge < -0.3 is 10.2 Å². The summed E-state index contributed by atoms with van der Waals surface area (Å²) < 4.78 is 0. The van der Waals surface area contributed by atoms with E-state index in [-0.39, 0.29) is 0 Å². The summed E-state index contributed by atoms with van der Waals surface area (Å²) in [6, 6.07) is 9.55. The molecule has 2 aromatic heterocycles. The Labute approximate surface area is 173 Å². The first kappa shape index (κ1) is 19.8. The smallest absolute Gasteiger partial charge is 0.226 e. The molecule has 1 unspecified atom stereocenters. The van der Waals surface area contributed by atoms with E-state index < -0.39 is 0 Å². The van der Waals surface area contributed by atoms with E-state index in [0.717, 1.165) is 54.9 Å². The topological polar surface area (TPSA) is 53.9 Å². The first-order valence-electron chi connectivity index (χ1n) is 10.7. The van der Waals surface area contributed by atoms with E-state index in [4.69, 9.17) is 9.97 Å². The zero-order valence-electron chi connectivity index (χ0n) is 17.9. The summed E-state index contributed by atoms with van der Waals surface area (Å²) in [6.07, 6.45) is 7.05. The number of aromatic nitrogens is 3. The molecule has 0 spiro atoms. The molecule has 1 saturated heterocycles. The molecule has 0 bridgehead atoms. The number of hydrogen-bond acceptors (Lipinski definition) is 5. The number of piperidine rings is 1. The van der Waals surface area contributed by atoms with Gasteiger partial charge in [0.25, 0.3) is 0 Å². The highest BCUT2D eigenvalue weighted by atomic mass is 15.3. The lowest BCUT2D eigenvalue weighted by Gasteiger charge is -2.34. The highest BCUT2D eigenvalue weighted by Crippen LogP contribution is 2.25. The highest BCUT2D eigenvalue weighted by molar-refractivity contribution is 5.83. The van der Waals surface area contributed by atoms with Crippen LogP contribution in [-0.2, 0) is 0 Å². The monoisotopic (exact) mass is 389 g/mol. The molecule has 1 aliphatic rings. The second-order valence-corrected chi connectivity index (χ2v) is 8.23. The number of fused-ring (bicyclic) bond motifs is 1. The minimum atomic E-state index is 0.389. The molecule has 0 aliphatic carbocycles. The number of rotatable bonds is 5. The number of benzene rings is 1. The third-order valence-electron chi connectivity index (χ3n) is 6.22. The number of nitrogens with zero attached hydrogens (tertiary/aromatic N) is 4. The summed E-state index contributed by atoms with van der Waals surface area (Å²) in [5.74, 6) is 0.873. The molecule has 3 heterocycles. The number of aryl methyl sites for hydroxylation is 3. The minimum Gasteiger partial charge on any atom is -0.341 e. The predicted octanol–water partition coefficient (Wildman–Crippen LogP) is 4.66. The van der Waals surface area contributed by atoms with Gasteiger partial charge in [-0.2, -0.15) is 0 Å². The Hall–Kier alpha value is -2.53. The van der Waals surface area contributed by atoms with E-state index in [0.29, 0.717) is 12.1 Å². The number of pyridine rings is 1. The lowest BCUT2D eigenvalue weighted by atomic mass is 10.00. The first-order valence-corrected chi connectivity index (χ1v) is 10.7. The van der Waals surface area contributed by atoms with Gasteiger partial charge in [-0.25, -0.2) is 9.97 Å². The van der Waals surface area contributed by atoms with Crippen LogP contribution in [0.4, 0.5) is 5.95 Å². The molecule has 152 valence electrons. The van der Waals surface area contributed by atoms with Crippen molar-refractivity contribution in [1.29, 1.82) is 0 Å². The van der Waals surface area contributed by atoms with Crippen LogP contribution in [0.25, 0.3) is 10.9 Å². The quantitative estimate of drug-likeness (QED) is 0.688. The van der Waals surface area contributed by atoms with Gasteiger partial charge in [-0.3, -0.25) is 4.98 Å². The van der Waals surface area contributed by atoms with Crippen molar-refractivity contribution in [1.82, 2.24) is 20.3 Å². The lowest BCUT2D eigenvalue weighted by molar-refractivity contribution is 0.362. The molecule has 5 nitrogen and oxygen atoms in total. The molecule has 3 aromatic rings. The van der Waals surface area contributed by atoms with Crippen LogP contribution in [0.3, 0.4) is 0 Å². The fourth-order valence-corrected chi connectivity index (χ4v) is 4.24. The van der Waals surface area contributed by atoms with Gasteiger partial charge in [-0.05, 0) is 81.0 Å². The standard InChI is InChI=1S/C24H31N5/c1-5-22(19-6-10-25-11-7-19)27-20-8-12-29(13-9-20)24-26-18(4)21-14-16(2)17(3)15-23(21)28-24/h6-7,10-11,14-15,20,22,27H,5,8-9,12-13H2,1-4H3. The lowest BCUT2D eigenvalue weighted by Crippen LogP contribution is -2.44. The van der Waals surface area contributed by atoms with Crippen LogP contribution in [0, 0.1) is 20.8 Å². The van der Waals surface area contributed by atoms with Gasteiger partial charge in [0.2, 0.25) is 5.95 Å². The van der Waals surface area contributed by atoms with Crippen molar-refractivity contribution in [3.8, 4) is 0 Å². The second-order valence-electron chi connectivity index (χ2n) is 8.23. The Morgan fingerprint density at radius 1 is 1.03 bits per heavy atom. The van der Waals surface area contributed by atoms with Gasteiger partial charge in [0.05, 0.1) is 11.2 Å². The molecule has 4 rings (SSSR count). The van der Waals surface area contributed by atoms with Crippen molar-refractivity contribution in [2.24, 2.45) is 0 Å². The summed E-state index contributed by atoms with van der Waals surface area (Å²) >= 11 is 0. The SMILES string of the molecule is CCC(NC1CCN(c2nc(C)c3cc(C)c(C)cc3n2)CC1)c1ccncc1. The summed E-state index contributed by atoms with van der Waals surface area (Å²) in [4.78, 5) is 16.2. The average Bonchev–Trinajstić information content (AvgIpc) is 2.74. The van der Waals surface area contributed by atoms with Crippen molar-refractivity contribution in [3.05, 3.63) is 59.0 Å². The zero-order valence-corrected chi connectivity index (χ0v) is 17.9. The van der Waals surface area contributed by atoms with Crippen molar-refractivity contribution in [2.75, 3.05) is 18.0 Å². The Morgan fingerprint density at radius 2 is 1.72 bits per heavy atom. The van der Waals surface area contributed by atoms with Crippen LogP contribution in [0.1, 0.15) is 54.6 Å². The molecular weight excluding hydrogens is 358 g/mol. The van der Waals surface area contributed by atoms with Gasteiger partial charge in [0.1, 0.15) is 0 Å². The van der Waals surface area contributed by atoms with Gasteiger partial charge in [-0.15, -0.1) is 0 Å². The maximum Gasteiger partial charge on any atom is 0.226 e. The molecule has 0 amide bonds. The van der Waals surface area contributed by atoms with Crippen molar-refractivity contribution < 1.29 is 0 Å². The van der Waals surface area contributed by atoms with Crippen LogP contribution < -0.4 is 10.2 Å². The Kier molecular flexibility index (Phi) is 5.76. The van der Waals surface area contributed by atoms with Crippen LogP contribution >= 0.6 is 0 Å². The molecule has 0 radical (unpaired) electrons. The first-order chi connectivity index (χ1) is 14.0. The van der Waals surface area contributed by atoms with E-state index >= 15 is 0 Å². The molecule has 1 fully saturated rings. The van der Waals surface area contributed by atoms with Crippen LogP contribution in [-0.4, -0.2) is 34.1 Å². The number of hydrogen-bond donors (Lipinski definition) is 1. The van der Waals surface area contributed by atoms with Crippen LogP contribution in [0.2, 0.25) is 0 Å². The predicted molar refractivity (Wildman–Crippen MR) is 119 cm³/mol. The highest BCUT2D eigenvalue weighted by Gasteiger charge is 2.24. The van der Waals surface area contributed by atoms with E-state index in [1.54, 1.807) is 0 Å². The molecule has 29 heavy (non-hydrogen) atoms. The largest absolute Gasteiger partial charge is 0.341 e. The molecule has 1 aliphatic heterocycles. The maximum absolute atomic E-state index is 4.90. The van der Waals surface area contributed by atoms with Crippen molar-refractivity contribution >= 4 is 16.9 Å². The van der Waals surface area contributed by atoms with Gasteiger partial charge in [0.15, 0.2) is 0 Å². The summed E-state index contributed by atoms with van der Waals surface area (Å²) in [7, 11) is 0. The number of nitrogens with one attached hydrogen (secondary N) is 1. The van der Waals surface area contributed by atoms with Gasteiger partial charge in [0, 0.05) is 43.0 Å². The fourth-order valence-electron chi connectivity index (χ4n) is 4.24. The second kappa shape index (κ2) is 8.46. The Bertz CT molecular complexity index is 977. The minimum absolute atomic E-state index is 0.389. The Balaban J connectivity index is 1.45. The zero-order chi connectivity index (χ0) is 20.4. The third kappa shape index (κ3) is 4.25. The molecule has 1 atom stereocenters. The van der Waals surface area contributed by atoms with E-state index in [9.17, 15) is 0 Å². The van der Waals surface area contributed by atoms with E-state index in [1.165, 1.54) is 16.7 Å². The molecule has 5 heteroatoms. The summed E-state index contributed by atoms with van der Waals surface area (Å²) in [5, 5.41) is 5.02. The van der Waals surface area contributed by atoms with Crippen molar-refractivity contribution in [3.63, 3.8) is 0 Å². The summed E-state index contributed by atoms with van der Waals surface area (Å²) in [5.41, 5.74) is 6.02. The van der Waals surface area contributed by atoms with E-state index in [2.05, 4.69) is 67.2 Å². The molecule has 1 aromatic carbocycles. The molecular formula is C24H31N5. The van der Waals surface area contributed by atoms with Crippen molar-refractivity contribution in [2.45, 2.75) is 59.0 Å².